The number of alkyl halides is 2. The van der Waals surface area contributed by atoms with Crippen LogP contribution in [-0.4, -0.2) is 23.9 Å². The van der Waals surface area contributed by atoms with Crippen LogP contribution >= 0.6 is 0 Å². The van der Waals surface area contributed by atoms with E-state index in [9.17, 15) is 13.6 Å². The second-order valence-electron chi connectivity index (χ2n) is 5.15. The number of carbonyl (C=O) groups is 1. The fourth-order valence-corrected chi connectivity index (χ4v) is 2.33. The van der Waals surface area contributed by atoms with E-state index in [1.165, 1.54) is 0 Å². The quantitative estimate of drug-likeness (QED) is 0.678. The highest BCUT2D eigenvalue weighted by Gasteiger charge is 2.51. The highest BCUT2D eigenvalue weighted by molar-refractivity contribution is 5.91. The van der Waals surface area contributed by atoms with Crippen molar-refractivity contribution in [3.63, 3.8) is 0 Å². The minimum absolute atomic E-state index is 0.0151. The normalized spacial score (nSPS) is 35.7. The second kappa shape index (κ2) is 3.24. The molecule has 2 aliphatic rings. The van der Waals surface area contributed by atoms with Crippen LogP contribution in [0.2, 0.25) is 0 Å². The monoisotopic (exact) mass is 218 g/mol. The number of hydrogen-bond donors (Lipinski definition) is 0. The summed E-state index contributed by atoms with van der Waals surface area (Å²) in [6.45, 7) is 4.06. The minimum atomic E-state index is -2.48. The van der Waals surface area contributed by atoms with Crippen LogP contribution in [0.4, 0.5) is 8.78 Å². The first-order valence-corrected chi connectivity index (χ1v) is 5.38. The Morgan fingerprint density at radius 3 is 2.47 bits per heavy atom. The van der Waals surface area contributed by atoms with Gasteiger partial charge in [0.1, 0.15) is 5.60 Å². The van der Waals surface area contributed by atoms with Crippen LogP contribution in [-0.2, 0) is 9.53 Å². The molecule has 0 amide bonds. The van der Waals surface area contributed by atoms with Crippen molar-refractivity contribution in [1.82, 2.24) is 0 Å². The Balaban J connectivity index is 1.78. The molecule has 2 fully saturated rings. The van der Waals surface area contributed by atoms with Crippen molar-refractivity contribution in [2.75, 3.05) is 6.61 Å². The van der Waals surface area contributed by atoms with E-state index in [0.29, 0.717) is 13.0 Å². The third-order valence-electron chi connectivity index (χ3n) is 3.41. The van der Waals surface area contributed by atoms with Crippen molar-refractivity contribution in [2.45, 2.75) is 44.6 Å². The van der Waals surface area contributed by atoms with E-state index >= 15 is 0 Å². The first-order chi connectivity index (χ1) is 6.82. The number of ketones is 1. The van der Waals surface area contributed by atoms with E-state index in [2.05, 4.69) is 0 Å². The molecule has 1 saturated carbocycles. The van der Waals surface area contributed by atoms with Crippen molar-refractivity contribution in [2.24, 2.45) is 11.8 Å². The molecule has 0 aromatic heterocycles. The summed E-state index contributed by atoms with van der Waals surface area (Å²) >= 11 is 0. The van der Waals surface area contributed by atoms with Crippen LogP contribution in [0.1, 0.15) is 33.1 Å². The Bertz CT molecular complexity index is 276. The van der Waals surface area contributed by atoms with Crippen LogP contribution in [0.15, 0.2) is 0 Å². The Kier molecular flexibility index (Phi) is 2.37. The summed E-state index contributed by atoms with van der Waals surface area (Å²) in [6.07, 6.45) is 0.470. The average molecular weight is 218 g/mol. The molecule has 0 radical (unpaired) electrons. The lowest BCUT2D eigenvalue weighted by molar-refractivity contribution is -0.133. The van der Waals surface area contributed by atoms with E-state index in [-0.39, 0.29) is 30.5 Å². The zero-order valence-electron chi connectivity index (χ0n) is 9.06. The van der Waals surface area contributed by atoms with E-state index in [1.807, 2.05) is 6.92 Å². The summed E-state index contributed by atoms with van der Waals surface area (Å²) in [6, 6.07) is 0. The van der Waals surface area contributed by atoms with Crippen molar-refractivity contribution in [1.29, 1.82) is 0 Å². The third kappa shape index (κ3) is 2.19. The van der Waals surface area contributed by atoms with Gasteiger partial charge in [-0.2, -0.15) is 0 Å². The summed E-state index contributed by atoms with van der Waals surface area (Å²) in [5, 5.41) is 0. The zero-order chi connectivity index (χ0) is 11.3. The van der Waals surface area contributed by atoms with Gasteiger partial charge < -0.3 is 4.74 Å². The highest BCUT2D eigenvalue weighted by atomic mass is 19.3. The number of ether oxygens (including phenoxy) is 1. The topological polar surface area (TPSA) is 29.6 Å². The Labute approximate surface area is 88.0 Å². The van der Waals surface area contributed by atoms with Crippen LogP contribution in [0, 0.1) is 11.8 Å². The van der Waals surface area contributed by atoms with Crippen molar-refractivity contribution in [3.05, 3.63) is 0 Å². The van der Waals surface area contributed by atoms with Gasteiger partial charge in [0, 0.05) is 18.8 Å². The molecule has 1 aliphatic carbocycles. The molecule has 2 rings (SSSR count). The Morgan fingerprint density at radius 2 is 2.07 bits per heavy atom. The largest absolute Gasteiger partial charge is 0.362 e. The molecular formula is C11H16F2O2. The lowest BCUT2D eigenvalue weighted by Crippen LogP contribution is -2.38. The van der Waals surface area contributed by atoms with Gasteiger partial charge in [0.2, 0.25) is 5.92 Å². The Morgan fingerprint density at radius 1 is 1.53 bits per heavy atom. The first kappa shape index (κ1) is 11.0. The molecule has 0 N–H and O–H groups in total. The smallest absolute Gasteiger partial charge is 0.248 e. The van der Waals surface area contributed by atoms with Gasteiger partial charge in [0.05, 0.1) is 6.61 Å². The predicted molar refractivity (Wildman–Crippen MR) is 50.8 cm³/mol. The summed E-state index contributed by atoms with van der Waals surface area (Å²) < 4.78 is 30.2. The van der Waals surface area contributed by atoms with Crippen LogP contribution in [0.5, 0.6) is 0 Å². The first-order valence-electron chi connectivity index (χ1n) is 5.38. The van der Waals surface area contributed by atoms with Crippen molar-refractivity contribution < 1.29 is 18.3 Å². The van der Waals surface area contributed by atoms with Crippen molar-refractivity contribution >= 4 is 5.78 Å². The standard InChI is InChI=1S/C11H16F2O2/c1-7(9(14)10(2)6-15-10)3-8-4-11(12,13)5-8/h7-8H,3-6H2,1-2H3/t7-,10+/m0/s1. The van der Waals surface area contributed by atoms with Gasteiger partial charge >= 0.3 is 0 Å². The summed E-state index contributed by atoms with van der Waals surface area (Å²) in [4.78, 5) is 11.8. The fraction of sp³-hybridized carbons (Fsp3) is 0.909. The van der Waals surface area contributed by atoms with E-state index in [4.69, 9.17) is 4.74 Å². The average Bonchev–Trinajstić information content (AvgIpc) is 2.80. The molecule has 15 heavy (non-hydrogen) atoms. The maximum atomic E-state index is 12.6. The van der Waals surface area contributed by atoms with Crippen molar-refractivity contribution in [3.8, 4) is 0 Å². The summed E-state index contributed by atoms with van der Waals surface area (Å²) in [5.74, 6) is -2.55. The van der Waals surface area contributed by atoms with Gasteiger partial charge in [-0.1, -0.05) is 6.92 Å². The zero-order valence-corrected chi connectivity index (χ0v) is 9.06. The number of rotatable bonds is 4. The minimum Gasteiger partial charge on any atom is -0.362 e. The molecule has 0 spiro atoms. The molecular weight excluding hydrogens is 202 g/mol. The molecule has 2 atom stereocenters. The molecule has 2 nitrogen and oxygen atoms in total. The highest BCUT2D eigenvalue weighted by Crippen LogP contribution is 2.46. The van der Waals surface area contributed by atoms with E-state index in [1.54, 1.807) is 6.92 Å². The number of epoxide rings is 1. The molecule has 1 aliphatic heterocycles. The predicted octanol–water partition coefficient (Wildman–Crippen LogP) is 2.42. The number of halogens is 2. The Hall–Kier alpha value is -0.510. The molecule has 86 valence electrons. The van der Waals surface area contributed by atoms with E-state index in [0.717, 1.165) is 0 Å². The van der Waals surface area contributed by atoms with Gasteiger partial charge in [-0.15, -0.1) is 0 Å². The lowest BCUT2D eigenvalue weighted by Gasteiger charge is -2.36. The molecule has 0 unspecified atom stereocenters. The maximum Gasteiger partial charge on any atom is 0.248 e. The second-order valence-corrected chi connectivity index (χ2v) is 5.15. The number of carbonyl (C=O) groups excluding carboxylic acids is 1. The molecule has 1 saturated heterocycles. The third-order valence-corrected chi connectivity index (χ3v) is 3.41. The molecule has 0 aromatic carbocycles. The van der Waals surface area contributed by atoms with Gasteiger partial charge in [0.25, 0.3) is 0 Å². The van der Waals surface area contributed by atoms with Crippen LogP contribution < -0.4 is 0 Å². The number of hydrogen-bond acceptors (Lipinski definition) is 2. The van der Waals surface area contributed by atoms with Crippen LogP contribution in [0.3, 0.4) is 0 Å². The molecule has 1 heterocycles. The van der Waals surface area contributed by atoms with Gasteiger partial charge in [0.15, 0.2) is 5.78 Å². The maximum absolute atomic E-state index is 12.6. The SMILES string of the molecule is C[C@@H](CC1CC(F)(F)C1)C(=O)[C@@]1(C)CO1. The van der Waals surface area contributed by atoms with Gasteiger partial charge in [-0.3, -0.25) is 4.79 Å². The van der Waals surface area contributed by atoms with Gasteiger partial charge in [-0.05, 0) is 19.3 Å². The molecule has 0 bridgehead atoms. The van der Waals surface area contributed by atoms with Crippen LogP contribution in [0.25, 0.3) is 0 Å². The van der Waals surface area contributed by atoms with Gasteiger partial charge in [-0.25, -0.2) is 8.78 Å². The summed E-state index contributed by atoms with van der Waals surface area (Å²) in [7, 11) is 0. The molecule has 0 aromatic rings. The number of Topliss-reactive ketones (excluding diaryl/α,β-unsaturated/α-hetero) is 1. The fourth-order valence-electron chi connectivity index (χ4n) is 2.33. The lowest BCUT2D eigenvalue weighted by atomic mass is 9.74. The molecule has 4 heteroatoms. The van der Waals surface area contributed by atoms with E-state index < -0.39 is 11.5 Å². The summed E-state index contributed by atoms with van der Waals surface area (Å²) in [5.41, 5.74) is -0.605.